The number of amides is 1. The maximum atomic E-state index is 11.6. The van der Waals surface area contributed by atoms with Gasteiger partial charge >= 0.3 is 5.97 Å². The molecule has 3 N–H and O–H groups in total. The van der Waals surface area contributed by atoms with E-state index < -0.39 is 24.5 Å². The average Bonchev–Trinajstić information content (AvgIpc) is 2.34. The van der Waals surface area contributed by atoms with E-state index in [1.807, 2.05) is 25.1 Å². The van der Waals surface area contributed by atoms with Crippen molar-refractivity contribution in [3.63, 3.8) is 0 Å². The van der Waals surface area contributed by atoms with Crippen molar-refractivity contribution in [2.24, 2.45) is 0 Å². The largest absolute Gasteiger partial charge is 0.480 e. The van der Waals surface area contributed by atoms with Crippen LogP contribution in [0.2, 0.25) is 0 Å². The molecule has 0 bridgehead atoms. The highest BCUT2D eigenvalue weighted by atomic mass is 79.9. The second-order valence-corrected chi connectivity index (χ2v) is 5.77. The van der Waals surface area contributed by atoms with Gasteiger partial charge in [0.05, 0.1) is 12.4 Å². The molecular weight excluding hydrogens is 334 g/mol. The number of aryl methyl sites for hydroxylation is 1. The van der Waals surface area contributed by atoms with E-state index in [1.165, 1.54) is 11.8 Å². The van der Waals surface area contributed by atoms with Crippen LogP contribution in [0.4, 0.5) is 0 Å². The summed E-state index contributed by atoms with van der Waals surface area (Å²) in [7, 11) is 0. The smallest absolute Gasteiger partial charge is 0.328 e. The van der Waals surface area contributed by atoms with Crippen LogP contribution in [0.15, 0.2) is 27.6 Å². The van der Waals surface area contributed by atoms with Crippen molar-refractivity contribution in [3.05, 3.63) is 28.2 Å². The molecule has 5 nitrogen and oxygen atoms in total. The first-order valence-corrected chi connectivity index (χ1v) is 7.24. The van der Waals surface area contributed by atoms with Gasteiger partial charge in [-0.15, -0.1) is 11.8 Å². The van der Waals surface area contributed by atoms with Crippen molar-refractivity contribution >= 4 is 39.6 Å². The molecule has 0 aromatic heterocycles. The number of hydrogen-bond donors (Lipinski definition) is 3. The number of thioether (sulfide) groups is 1. The van der Waals surface area contributed by atoms with Gasteiger partial charge in [-0.25, -0.2) is 4.79 Å². The normalized spacial score (nSPS) is 11.9. The Morgan fingerprint density at radius 3 is 2.68 bits per heavy atom. The summed E-state index contributed by atoms with van der Waals surface area (Å²) in [6.45, 7) is 1.31. The van der Waals surface area contributed by atoms with Crippen LogP contribution in [-0.2, 0) is 9.59 Å². The summed E-state index contributed by atoms with van der Waals surface area (Å²) < 4.78 is 0.963. The van der Waals surface area contributed by atoms with Crippen LogP contribution in [0.3, 0.4) is 0 Å². The number of aliphatic carboxylic acids is 1. The molecule has 19 heavy (non-hydrogen) atoms. The number of halogens is 1. The summed E-state index contributed by atoms with van der Waals surface area (Å²) in [5, 5.41) is 19.7. The number of carboxylic acid groups (broad SMARTS) is 1. The Kier molecular flexibility index (Phi) is 6.33. The minimum Gasteiger partial charge on any atom is -0.480 e. The lowest BCUT2D eigenvalue weighted by Gasteiger charge is -2.11. The number of aliphatic hydroxyl groups excluding tert-OH is 1. The van der Waals surface area contributed by atoms with Crippen molar-refractivity contribution in [2.45, 2.75) is 17.9 Å². The molecule has 1 aromatic carbocycles. The van der Waals surface area contributed by atoms with E-state index in [0.29, 0.717) is 0 Å². The highest BCUT2D eigenvalue weighted by Gasteiger charge is 2.18. The zero-order valence-electron chi connectivity index (χ0n) is 10.2. The maximum absolute atomic E-state index is 11.6. The van der Waals surface area contributed by atoms with E-state index >= 15 is 0 Å². The van der Waals surface area contributed by atoms with Crippen LogP contribution < -0.4 is 5.32 Å². The Morgan fingerprint density at radius 1 is 1.47 bits per heavy atom. The van der Waals surface area contributed by atoms with Crippen LogP contribution in [-0.4, -0.2) is 40.5 Å². The highest BCUT2D eigenvalue weighted by molar-refractivity contribution is 9.10. The van der Waals surface area contributed by atoms with Gasteiger partial charge in [-0.1, -0.05) is 15.9 Å². The van der Waals surface area contributed by atoms with Crippen molar-refractivity contribution in [1.82, 2.24) is 5.32 Å². The van der Waals surface area contributed by atoms with Crippen molar-refractivity contribution < 1.29 is 19.8 Å². The number of benzene rings is 1. The molecule has 104 valence electrons. The lowest BCUT2D eigenvalue weighted by molar-refractivity contribution is -0.142. The monoisotopic (exact) mass is 347 g/mol. The summed E-state index contributed by atoms with van der Waals surface area (Å²) in [5.74, 6) is -1.57. The van der Waals surface area contributed by atoms with Gasteiger partial charge in [0.1, 0.15) is 6.04 Å². The number of hydrogen-bond acceptors (Lipinski definition) is 4. The molecule has 1 rings (SSSR count). The number of carboxylic acids is 1. The Labute approximate surface area is 123 Å². The summed E-state index contributed by atoms with van der Waals surface area (Å²) in [4.78, 5) is 23.2. The van der Waals surface area contributed by atoms with Gasteiger partial charge in [-0.3, -0.25) is 4.79 Å². The number of nitrogens with one attached hydrogen (secondary N) is 1. The van der Waals surface area contributed by atoms with Crippen molar-refractivity contribution in [2.75, 3.05) is 12.4 Å². The fraction of sp³-hybridized carbons (Fsp3) is 0.333. The van der Waals surface area contributed by atoms with Crippen molar-refractivity contribution in [3.8, 4) is 0 Å². The summed E-state index contributed by atoms with van der Waals surface area (Å²) >= 11 is 4.67. The predicted octanol–water partition coefficient (Wildman–Crippen LogP) is 1.41. The van der Waals surface area contributed by atoms with Crippen LogP contribution in [0.25, 0.3) is 0 Å². The number of rotatable bonds is 6. The summed E-state index contributed by atoms with van der Waals surface area (Å²) in [6, 6.07) is 4.45. The quantitative estimate of drug-likeness (QED) is 0.677. The molecule has 1 aromatic rings. The van der Waals surface area contributed by atoms with E-state index in [2.05, 4.69) is 21.2 Å². The van der Waals surface area contributed by atoms with Crippen LogP contribution in [0.1, 0.15) is 5.56 Å². The Balaban J connectivity index is 2.52. The SMILES string of the molecule is Cc1cc(Br)ccc1SCC(=O)N[C@H](CO)C(=O)O. The molecule has 7 heteroatoms. The van der Waals surface area contributed by atoms with Crippen LogP contribution >= 0.6 is 27.7 Å². The average molecular weight is 348 g/mol. The number of carbonyl (C=O) groups is 2. The third-order valence-corrected chi connectivity index (χ3v) is 3.98. The first-order chi connectivity index (χ1) is 8.93. The van der Waals surface area contributed by atoms with Crippen molar-refractivity contribution in [1.29, 1.82) is 0 Å². The van der Waals surface area contributed by atoms with E-state index in [0.717, 1.165) is 14.9 Å². The first kappa shape index (κ1) is 16.0. The molecule has 1 atom stereocenters. The predicted molar refractivity (Wildman–Crippen MR) is 76.3 cm³/mol. The van der Waals surface area contributed by atoms with E-state index in [1.54, 1.807) is 0 Å². The van der Waals surface area contributed by atoms with Gasteiger partial charge in [0.25, 0.3) is 0 Å². The molecular formula is C12H14BrNO4S. The number of aliphatic hydroxyl groups is 1. The number of carbonyl (C=O) groups excluding carboxylic acids is 1. The zero-order chi connectivity index (χ0) is 14.4. The standard InChI is InChI=1S/C12H14BrNO4S/c1-7-4-8(13)2-3-10(7)19-6-11(16)14-9(5-15)12(17)18/h2-4,9,15H,5-6H2,1H3,(H,14,16)(H,17,18)/t9-/m1/s1. The van der Waals surface area contributed by atoms with E-state index in [-0.39, 0.29) is 5.75 Å². The third kappa shape index (κ3) is 5.22. The molecule has 0 heterocycles. The summed E-state index contributed by atoms with van der Waals surface area (Å²) in [5.41, 5.74) is 1.03. The van der Waals surface area contributed by atoms with Gasteiger partial charge in [-0.2, -0.15) is 0 Å². The molecule has 0 fully saturated rings. The van der Waals surface area contributed by atoms with Gasteiger partial charge in [0, 0.05) is 9.37 Å². The second kappa shape index (κ2) is 7.52. The second-order valence-electron chi connectivity index (χ2n) is 3.84. The van der Waals surface area contributed by atoms with Gasteiger partial charge in [0.15, 0.2) is 0 Å². The Hall–Kier alpha value is -1.05. The lowest BCUT2D eigenvalue weighted by Crippen LogP contribution is -2.44. The molecule has 0 aliphatic rings. The highest BCUT2D eigenvalue weighted by Crippen LogP contribution is 2.25. The fourth-order valence-corrected chi connectivity index (χ4v) is 2.64. The Bertz CT molecular complexity index is 481. The zero-order valence-corrected chi connectivity index (χ0v) is 12.6. The molecule has 1 amide bonds. The van der Waals surface area contributed by atoms with Crippen LogP contribution in [0, 0.1) is 6.92 Å². The first-order valence-electron chi connectivity index (χ1n) is 5.46. The molecule has 0 aliphatic heterocycles. The lowest BCUT2D eigenvalue weighted by atomic mass is 10.2. The van der Waals surface area contributed by atoms with Gasteiger partial charge in [0.2, 0.25) is 5.91 Å². The summed E-state index contributed by atoms with van der Waals surface area (Å²) in [6.07, 6.45) is 0. The molecule has 0 aliphatic carbocycles. The van der Waals surface area contributed by atoms with E-state index in [9.17, 15) is 9.59 Å². The minimum atomic E-state index is -1.25. The van der Waals surface area contributed by atoms with E-state index in [4.69, 9.17) is 10.2 Å². The van der Waals surface area contributed by atoms with Crippen LogP contribution in [0.5, 0.6) is 0 Å². The molecule has 0 spiro atoms. The minimum absolute atomic E-state index is 0.103. The third-order valence-electron chi connectivity index (χ3n) is 2.31. The molecule has 0 radical (unpaired) electrons. The molecule has 0 saturated carbocycles. The molecule has 0 unspecified atom stereocenters. The topological polar surface area (TPSA) is 86.6 Å². The maximum Gasteiger partial charge on any atom is 0.328 e. The van der Waals surface area contributed by atoms with Gasteiger partial charge < -0.3 is 15.5 Å². The Morgan fingerprint density at radius 2 is 2.16 bits per heavy atom. The van der Waals surface area contributed by atoms with Gasteiger partial charge in [-0.05, 0) is 30.7 Å². The fourth-order valence-electron chi connectivity index (χ4n) is 1.34. The molecule has 0 saturated heterocycles.